The molecule has 1 aromatic carbocycles. The first kappa shape index (κ1) is 11.0. The normalized spacial score (nSPS) is 11.5. The molecule has 14 heavy (non-hydrogen) atoms. The van der Waals surface area contributed by atoms with Gasteiger partial charge in [0.05, 0.1) is 11.5 Å². The van der Waals surface area contributed by atoms with E-state index in [1.807, 2.05) is 6.92 Å². The van der Waals surface area contributed by atoms with Gasteiger partial charge in [-0.05, 0) is 24.1 Å². The van der Waals surface area contributed by atoms with Crippen molar-refractivity contribution >= 4 is 15.5 Å². The third-order valence-corrected chi connectivity index (χ3v) is 3.66. The lowest BCUT2D eigenvalue weighted by Crippen LogP contribution is -2.08. The van der Waals surface area contributed by atoms with Gasteiger partial charge in [0, 0.05) is 5.69 Å². The van der Waals surface area contributed by atoms with Crippen LogP contribution < -0.4 is 5.73 Å². The van der Waals surface area contributed by atoms with Crippen LogP contribution in [0.2, 0.25) is 0 Å². The fourth-order valence-electron chi connectivity index (χ4n) is 1.32. The summed E-state index contributed by atoms with van der Waals surface area (Å²) in [5.41, 5.74) is 6.92. The zero-order chi connectivity index (χ0) is 10.6. The van der Waals surface area contributed by atoms with Crippen LogP contribution in [0.1, 0.15) is 18.9 Å². The van der Waals surface area contributed by atoms with Gasteiger partial charge in [-0.15, -0.1) is 0 Å². The first-order valence-corrected chi connectivity index (χ1v) is 6.40. The molecular weight excluding hydrogens is 198 g/mol. The van der Waals surface area contributed by atoms with Gasteiger partial charge < -0.3 is 5.73 Å². The van der Waals surface area contributed by atoms with E-state index in [0.29, 0.717) is 12.1 Å². The van der Waals surface area contributed by atoms with Crippen LogP contribution in [0.5, 0.6) is 0 Å². The van der Waals surface area contributed by atoms with Crippen molar-refractivity contribution in [3.63, 3.8) is 0 Å². The average molecular weight is 213 g/mol. The van der Waals surface area contributed by atoms with Crippen LogP contribution in [0.3, 0.4) is 0 Å². The summed E-state index contributed by atoms with van der Waals surface area (Å²) in [4.78, 5) is 0. The van der Waals surface area contributed by atoms with E-state index in [4.69, 9.17) is 5.73 Å². The first-order chi connectivity index (χ1) is 6.53. The lowest BCUT2D eigenvalue weighted by molar-refractivity contribution is 0.594. The van der Waals surface area contributed by atoms with Crippen molar-refractivity contribution in [1.82, 2.24) is 0 Å². The van der Waals surface area contributed by atoms with Gasteiger partial charge >= 0.3 is 0 Å². The molecule has 78 valence electrons. The molecule has 0 fully saturated rings. The molecule has 0 aromatic heterocycles. The number of benzene rings is 1. The average Bonchev–Trinajstić information content (AvgIpc) is 2.02. The van der Waals surface area contributed by atoms with E-state index in [2.05, 4.69) is 0 Å². The Labute approximate surface area is 84.9 Å². The van der Waals surface area contributed by atoms with Crippen molar-refractivity contribution in [3.05, 3.63) is 29.8 Å². The van der Waals surface area contributed by atoms with Crippen molar-refractivity contribution in [2.24, 2.45) is 0 Å². The lowest BCUT2D eigenvalue weighted by Gasteiger charge is -2.03. The highest BCUT2D eigenvalue weighted by Crippen LogP contribution is 2.11. The fraction of sp³-hybridized carbons (Fsp3) is 0.400. The van der Waals surface area contributed by atoms with Crippen LogP contribution in [0.4, 0.5) is 5.69 Å². The molecule has 0 unspecified atom stereocenters. The summed E-state index contributed by atoms with van der Waals surface area (Å²) in [5.74, 6) is 0.327. The summed E-state index contributed by atoms with van der Waals surface area (Å²) in [6.07, 6.45) is 0.657. The van der Waals surface area contributed by atoms with Gasteiger partial charge in [0.25, 0.3) is 0 Å². The summed E-state index contributed by atoms with van der Waals surface area (Å²) in [5, 5.41) is 0. The highest BCUT2D eigenvalue weighted by atomic mass is 32.2. The largest absolute Gasteiger partial charge is 0.399 e. The summed E-state index contributed by atoms with van der Waals surface area (Å²) >= 11 is 0. The maximum absolute atomic E-state index is 11.5. The fourth-order valence-corrected chi connectivity index (χ4v) is 2.77. The van der Waals surface area contributed by atoms with Crippen LogP contribution in [0, 0.1) is 0 Å². The van der Waals surface area contributed by atoms with Gasteiger partial charge in [-0.25, -0.2) is 8.42 Å². The van der Waals surface area contributed by atoms with Gasteiger partial charge in [-0.2, -0.15) is 0 Å². The molecule has 0 saturated carbocycles. The maximum atomic E-state index is 11.5. The van der Waals surface area contributed by atoms with E-state index in [1.165, 1.54) is 0 Å². The molecule has 1 aromatic rings. The smallest absolute Gasteiger partial charge is 0.154 e. The van der Waals surface area contributed by atoms with Crippen molar-refractivity contribution in [1.29, 1.82) is 0 Å². The second-order valence-corrected chi connectivity index (χ2v) is 5.52. The van der Waals surface area contributed by atoms with Crippen molar-refractivity contribution in [2.45, 2.75) is 19.1 Å². The van der Waals surface area contributed by atoms with Crippen LogP contribution in [0.25, 0.3) is 0 Å². The second kappa shape index (κ2) is 4.46. The SMILES string of the molecule is CCCS(=O)(=O)Cc1cccc(N)c1. The third-order valence-electron chi connectivity index (χ3n) is 1.85. The van der Waals surface area contributed by atoms with E-state index in [1.54, 1.807) is 24.3 Å². The molecule has 2 N–H and O–H groups in total. The van der Waals surface area contributed by atoms with Gasteiger partial charge in [0.15, 0.2) is 9.84 Å². The molecule has 0 radical (unpaired) electrons. The Balaban J connectivity index is 2.79. The number of hydrogen-bond donors (Lipinski definition) is 1. The van der Waals surface area contributed by atoms with Gasteiger partial charge in [-0.3, -0.25) is 0 Å². The number of anilines is 1. The van der Waals surface area contributed by atoms with E-state index in [-0.39, 0.29) is 11.5 Å². The molecule has 0 atom stereocenters. The number of sulfone groups is 1. The van der Waals surface area contributed by atoms with Gasteiger partial charge in [-0.1, -0.05) is 19.1 Å². The Bertz CT molecular complexity index is 398. The lowest BCUT2D eigenvalue weighted by atomic mass is 10.2. The van der Waals surface area contributed by atoms with Gasteiger partial charge in [0.1, 0.15) is 0 Å². The Morgan fingerprint density at radius 2 is 2.07 bits per heavy atom. The van der Waals surface area contributed by atoms with Crippen LogP contribution in [0.15, 0.2) is 24.3 Å². The van der Waals surface area contributed by atoms with E-state index in [9.17, 15) is 8.42 Å². The minimum Gasteiger partial charge on any atom is -0.399 e. The quantitative estimate of drug-likeness (QED) is 0.773. The molecule has 0 aliphatic heterocycles. The minimum atomic E-state index is -2.96. The van der Waals surface area contributed by atoms with Crippen molar-refractivity contribution < 1.29 is 8.42 Å². The zero-order valence-corrected chi connectivity index (χ0v) is 9.05. The van der Waals surface area contributed by atoms with E-state index in [0.717, 1.165) is 5.56 Å². The second-order valence-electron chi connectivity index (χ2n) is 3.34. The molecule has 0 aliphatic carbocycles. The Hall–Kier alpha value is -1.03. The monoisotopic (exact) mass is 213 g/mol. The molecule has 0 heterocycles. The molecule has 1 rings (SSSR count). The molecule has 0 aliphatic rings. The molecular formula is C10H15NO2S. The number of hydrogen-bond acceptors (Lipinski definition) is 3. The molecule has 0 bridgehead atoms. The summed E-state index contributed by atoms with van der Waals surface area (Å²) in [6, 6.07) is 7.00. The third kappa shape index (κ3) is 3.38. The van der Waals surface area contributed by atoms with Crippen molar-refractivity contribution in [3.8, 4) is 0 Å². The van der Waals surface area contributed by atoms with Crippen LogP contribution in [-0.4, -0.2) is 14.2 Å². The summed E-state index contributed by atoms with van der Waals surface area (Å²) < 4.78 is 22.9. The predicted molar refractivity (Wildman–Crippen MR) is 58.6 cm³/mol. The summed E-state index contributed by atoms with van der Waals surface area (Å²) in [6.45, 7) is 1.86. The first-order valence-electron chi connectivity index (χ1n) is 4.58. The topological polar surface area (TPSA) is 60.2 Å². The van der Waals surface area contributed by atoms with Gasteiger partial charge in [0.2, 0.25) is 0 Å². The minimum absolute atomic E-state index is 0.0892. The van der Waals surface area contributed by atoms with Crippen LogP contribution >= 0.6 is 0 Å². The zero-order valence-electron chi connectivity index (χ0n) is 8.23. The molecule has 4 heteroatoms. The number of nitrogen functional groups attached to an aromatic ring is 1. The standard InChI is InChI=1S/C10H15NO2S/c1-2-6-14(12,13)8-9-4-3-5-10(11)7-9/h3-5,7H,2,6,8,11H2,1H3. The summed E-state index contributed by atoms with van der Waals surface area (Å²) in [7, 11) is -2.96. The molecule has 3 nitrogen and oxygen atoms in total. The van der Waals surface area contributed by atoms with Crippen LogP contribution in [-0.2, 0) is 15.6 Å². The maximum Gasteiger partial charge on any atom is 0.154 e. The van der Waals surface area contributed by atoms with E-state index < -0.39 is 9.84 Å². The molecule has 0 amide bonds. The highest BCUT2D eigenvalue weighted by Gasteiger charge is 2.10. The highest BCUT2D eigenvalue weighted by molar-refractivity contribution is 7.90. The predicted octanol–water partition coefficient (Wildman–Crippen LogP) is 1.59. The molecule has 0 spiro atoms. The van der Waals surface area contributed by atoms with E-state index >= 15 is 0 Å². The Morgan fingerprint density at radius 1 is 1.36 bits per heavy atom. The number of rotatable bonds is 4. The van der Waals surface area contributed by atoms with Crippen molar-refractivity contribution in [2.75, 3.05) is 11.5 Å². The Morgan fingerprint density at radius 3 is 2.64 bits per heavy atom. The molecule has 0 saturated heterocycles. The Kier molecular flexibility index (Phi) is 3.52. The number of nitrogens with two attached hydrogens (primary N) is 1.